The van der Waals surface area contributed by atoms with Crippen molar-refractivity contribution in [2.45, 2.75) is 19.3 Å². The molecule has 1 nitrogen and oxygen atoms in total. The summed E-state index contributed by atoms with van der Waals surface area (Å²) in [7, 11) is 0. The SMILES string of the molecule is CC(C)(CN)c1ccc(F)c(F)c1. The molecule has 72 valence electrons. The molecule has 0 aromatic heterocycles. The summed E-state index contributed by atoms with van der Waals surface area (Å²) in [6, 6.07) is 3.88. The summed E-state index contributed by atoms with van der Waals surface area (Å²) in [5.74, 6) is -1.64. The number of halogens is 2. The molecule has 0 unspecified atom stereocenters. The summed E-state index contributed by atoms with van der Waals surface area (Å²) in [6.45, 7) is 4.18. The molecule has 0 heterocycles. The highest BCUT2D eigenvalue weighted by molar-refractivity contribution is 5.25. The van der Waals surface area contributed by atoms with E-state index in [0.717, 1.165) is 6.07 Å². The Morgan fingerprint density at radius 1 is 1.23 bits per heavy atom. The van der Waals surface area contributed by atoms with Crippen molar-refractivity contribution >= 4 is 0 Å². The first kappa shape index (κ1) is 10.1. The van der Waals surface area contributed by atoms with E-state index in [2.05, 4.69) is 0 Å². The van der Waals surface area contributed by atoms with Gasteiger partial charge >= 0.3 is 0 Å². The molecule has 0 aliphatic heterocycles. The zero-order valence-electron chi connectivity index (χ0n) is 7.77. The number of hydrogen-bond acceptors (Lipinski definition) is 1. The average Bonchev–Trinajstić information content (AvgIpc) is 2.09. The van der Waals surface area contributed by atoms with Gasteiger partial charge in [-0.25, -0.2) is 8.78 Å². The van der Waals surface area contributed by atoms with Crippen molar-refractivity contribution in [3.8, 4) is 0 Å². The van der Waals surface area contributed by atoms with Crippen molar-refractivity contribution < 1.29 is 8.78 Å². The molecule has 0 saturated heterocycles. The first-order valence-corrected chi connectivity index (χ1v) is 4.13. The Balaban J connectivity index is 3.10. The van der Waals surface area contributed by atoms with E-state index in [1.54, 1.807) is 6.07 Å². The van der Waals surface area contributed by atoms with Crippen LogP contribution in [0.15, 0.2) is 18.2 Å². The van der Waals surface area contributed by atoms with E-state index in [4.69, 9.17) is 5.73 Å². The average molecular weight is 185 g/mol. The monoisotopic (exact) mass is 185 g/mol. The maximum absolute atomic E-state index is 12.8. The zero-order chi connectivity index (χ0) is 10.1. The molecule has 3 heteroatoms. The Morgan fingerprint density at radius 2 is 1.85 bits per heavy atom. The van der Waals surface area contributed by atoms with Crippen LogP contribution in [0.4, 0.5) is 8.78 Å². The Bertz CT molecular complexity index is 308. The van der Waals surface area contributed by atoms with E-state index < -0.39 is 11.6 Å². The van der Waals surface area contributed by atoms with Crippen molar-refractivity contribution in [2.24, 2.45) is 5.73 Å². The minimum atomic E-state index is -0.823. The smallest absolute Gasteiger partial charge is 0.159 e. The maximum atomic E-state index is 12.8. The van der Waals surface area contributed by atoms with E-state index in [9.17, 15) is 8.78 Å². The molecule has 0 aliphatic rings. The van der Waals surface area contributed by atoms with Gasteiger partial charge in [0.2, 0.25) is 0 Å². The fourth-order valence-corrected chi connectivity index (χ4v) is 1.03. The predicted molar refractivity (Wildman–Crippen MR) is 48.4 cm³/mol. The molecule has 1 aromatic carbocycles. The lowest BCUT2D eigenvalue weighted by Gasteiger charge is -2.22. The third-order valence-electron chi connectivity index (χ3n) is 2.21. The molecule has 0 spiro atoms. The molecule has 0 bridgehead atoms. The van der Waals surface area contributed by atoms with Gasteiger partial charge in [0.05, 0.1) is 0 Å². The Kier molecular flexibility index (Phi) is 2.66. The van der Waals surface area contributed by atoms with Gasteiger partial charge in [-0.15, -0.1) is 0 Å². The molecule has 0 aliphatic carbocycles. The van der Waals surface area contributed by atoms with Crippen molar-refractivity contribution in [3.05, 3.63) is 35.4 Å². The molecule has 0 radical (unpaired) electrons. The quantitative estimate of drug-likeness (QED) is 0.751. The number of nitrogens with two attached hydrogens (primary N) is 1. The van der Waals surface area contributed by atoms with Gasteiger partial charge in [-0.05, 0) is 17.7 Å². The lowest BCUT2D eigenvalue weighted by atomic mass is 9.85. The van der Waals surface area contributed by atoms with Crippen LogP contribution in [0.1, 0.15) is 19.4 Å². The van der Waals surface area contributed by atoms with E-state index >= 15 is 0 Å². The first-order chi connectivity index (χ1) is 5.97. The molecule has 0 atom stereocenters. The van der Waals surface area contributed by atoms with E-state index in [0.29, 0.717) is 12.1 Å². The van der Waals surface area contributed by atoms with Gasteiger partial charge in [0, 0.05) is 12.0 Å². The summed E-state index contributed by atoms with van der Waals surface area (Å²) in [4.78, 5) is 0. The van der Waals surface area contributed by atoms with Crippen molar-refractivity contribution in [1.29, 1.82) is 0 Å². The Labute approximate surface area is 76.6 Å². The topological polar surface area (TPSA) is 26.0 Å². The molecule has 0 fully saturated rings. The van der Waals surface area contributed by atoms with Crippen molar-refractivity contribution in [2.75, 3.05) is 6.54 Å². The van der Waals surface area contributed by atoms with E-state index in [-0.39, 0.29) is 5.41 Å². The van der Waals surface area contributed by atoms with Crippen molar-refractivity contribution in [3.63, 3.8) is 0 Å². The second kappa shape index (κ2) is 3.42. The molecule has 1 aromatic rings. The summed E-state index contributed by atoms with van der Waals surface area (Å²) >= 11 is 0. The van der Waals surface area contributed by atoms with Crippen LogP contribution in [0.25, 0.3) is 0 Å². The molecular formula is C10H13F2N. The van der Waals surface area contributed by atoms with E-state index in [1.807, 2.05) is 13.8 Å². The molecule has 0 saturated carbocycles. The van der Waals surface area contributed by atoms with Gasteiger partial charge in [0.15, 0.2) is 11.6 Å². The lowest BCUT2D eigenvalue weighted by Crippen LogP contribution is -2.28. The van der Waals surface area contributed by atoms with Crippen LogP contribution < -0.4 is 5.73 Å². The standard InChI is InChI=1S/C10H13F2N/c1-10(2,6-13)7-3-4-8(11)9(12)5-7/h3-5H,6,13H2,1-2H3. The van der Waals surface area contributed by atoms with Gasteiger partial charge in [0.1, 0.15) is 0 Å². The highest BCUT2D eigenvalue weighted by atomic mass is 19.2. The molecule has 2 N–H and O–H groups in total. The second-order valence-electron chi connectivity index (χ2n) is 3.72. The predicted octanol–water partition coefficient (Wildman–Crippen LogP) is 2.20. The van der Waals surface area contributed by atoms with Crippen LogP contribution in [-0.4, -0.2) is 6.54 Å². The van der Waals surface area contributed by atoms with Gasteiger partial charge < -0.3 is 5.73 Å². The third-order valence-corrected chi connectivity index (χ3v) is 2.21. The Hall–Kier alpha value is -0.960. The molecule has 13 heavy (non-hydrogen) atoms. The van der Waals surface area contributed by atoms with Crippen LogP contribution in [0.3, 0.4) is 0 Å². The number of rotatable bonds is 2. The minimum absolute atomic E-state index is 0.311. The van der Waals surface area contributed by atoms with Crippen LogP contribution in [0, 0.1) is 11.6 Å². The normalized spacial score (nSPS) is 11.8. The van der Waals surface area contributed by atoms with Gasteiger partial charge in [-0.3, -0.25) is 0 Å². The molecule has 0 amide bonds. The Morgan fingerprint density at radius 3 is 2.31 bits per heavy atom. The number of benzene rings is 1. The fourth-order valence-electron chi connectivity index (χ4n) is 1.03. The second-order valence-corrected chi connectivity index (χ2v) is 3.72. The highest BCUT2D eigenvalue weighted by Crippen LogP contribution is 2.23. The summed E-state index contributed by atoms with van der Waals surface area (Å²) in [5, 5.41) is 0. The van der Waals surface area contributed by atoms with Crippen LogP contribution in [0.5, 0.6) is 0 Å². The summed E-state index contributed by atoms with van der Waals surface area (Å²) in [5.41, 5.74) is 5.92. The van der Waals surface area contributed by atoms with Gasteiger partial charge in [-0.1, -0.05) is 19.9 Å². The zero-order valence-corrected chi connectivity index (χ0v) is 7.77. The lowest BCUT2D eigenvalue weighted by molar-refractivity contribution is 0.491. The molecule has 1 rings (SSSR count). The summed E-state index contributed by atoms with van der Waals surface area (Å²) < 4.78 is 25.4. The fraction of sp³-hybridized carbons (Fsp3) is 0.400. The minimum Gasteiger partial charge on any atom is -0.330 e. The summed E-state index contributed by atoms with van der Waals surface area (Å²) in [6.07, 6.45) is 0. The van der Waals surface area contributed by atoms with E-state index in [1.165, 1.54) is 6.07 Å². The van der Waals surface area contributed by atoms with Crippen LogP contribution in [-0.2, 0) is 5.41 Å². The van der Waals surface area contributed by atoms with Crippen LogP contribution in [0.2, 0.25) is 0 Å². The maximum Gasteiger partial charge on any atom is 0.159 e. The first-order valence-electron chi connectivity index (χ1n) is 4.13. The van der Waals surface area contributed by atoms with Crippen LogP contribution >= 0.6 is 0 Å². The van der Waals surface area contributed by atoms with Gasteiger partial charge in [-0.2, -0.15) is 0 Å². The largest absolute Gasteiger partial charge is 0.330 e. The van der Waals surface area contributed by atoms with Gasteiger partial charge in [0.25, 0.3) is 0 Å². The third kappa shape index (κ3) is 2.04. The number of hydrogen-bond donors (Lipinski definition) is 1. The van der Waals surface area contributed by atoms with Crippen molar-refractivity contribution in [1.82, 2.24) is 0 Å². The molecular weight excluding hydrogens is 172 g/mol. The highest BCUT2D eigenvalue weighted by Gasteiger charge is 2.19.